The SMILES string of the molecule is CCNC(=O)N1CCCC1c1noc(CCC(=O)N2CCN(C3CCCC3)CC2)n1. The first-order valence-electron chi connectivity index (χ1n) is 11.5. The summed E-state index contributed by atoms with van der Waals surface area (Å²) >= 11 is 0. The lowest BCUT2D eigenvalue weighted by Crippen LogP contribution is -2.51. The number of rotatable bonds is 6. The van der Waals surface area contributed by atoms with E-state index in [1.54, 1.807) is 4.90 Å². The van der Waals surface area contributed by atoms with Crippen LogP contribution in [0, 0.1) is 0 Å². The Hall–Kier alpha value is -2.16. The van der Waals surface area contributed by atoms with Gasteiger partial charge >= 0.3 is 6.03 Å². The van der Waals surface area contributed by atoms with Gasteiger partial charge in [0.1, 0.15) is 0 Å². The molecule has 0 bridgehead atoms. The Labute approximate surface area is 178 Å². The molecule has 3 fully saturated rings. The van der Waals surface area contributed by atoms with Crippen molar-refractivity contribution in [1.29, 1.82) is 0 Å². The van der Waals surface area contributed by atoms with Crippen LogP contribution in [0.1, 0.15) is 69.6 Å². The number of hydrogen-bond donors (Lipinski definition) is 1. The van der Waals surface area contributed by atoms with E-state index >= 15 is 0 Å². The summed E-state index contributed by atoms with van der Waals surface area (Å²) in [7, 11) is 0. The summed E-state index contributed by atoms with van der Waals surface area (Å²) in [6.07, 6.45) is 7.91. The van der Waals surface area contributed by atoms with Crippen LogP contribution in [0.2, 0.25) is 0 Å². The monoisotopic (exact) mass is 418 g/mol. The molecular weight excluding hydrogens is 384 g/mol. The third kappa shape index (κ3) is 4.77. The van der Waals surface area contributed by atoms with Crippen LogP contribution >= 0.6 is 0 Å². The maximum Gasteiger partial charge on any atom is 0.318 e. The summed E-state index contributed by atoms with van der Waals surface area (Å²) in [5.74, 6) is 1.18. The van der Waals surface area contributed by atoms with Crippen LogP contribution in [-0.2, 0) is 11.2 Å². The van der Waals surface area contributed by atoms with Gasteiger partial charge in [-0.2, -0.15) is 4.98 Å². The number of piperazine rings is 1. The van der Waals surface area contributed by atoms with Gasteiger partial charge in [0.05, 0.1) is 6.04 Å². The van der Waals surface area contributed by atoms with Crippen LogP contribution in [0.3, 0.4) is 0 Å². The number of nitrogens with zero attached hydrogens (tertiary/aromatic N) is 5. The van der Waals surface area contributed by atoms with E-state index in [0.29, 0.717) is 37.6 Å². The van der Waals surface area contributed by atoms with Crippen LogP contribution in [0.25, 0.3) is 0 Å². The highest BCUT2D eigenvalue weighted by atomic mass is 16.5. The van der Waals surface area contributed by atoms with E-state index in [1.165, 1.54) is 25.7 Å². The molecule has 1 atom stereocenters. The molecule has 1 aliphatic carbocycles. The fourth-order valence-corrected chi connectivity index (χ4v) is 5.01. The van der Waals surface area contributed by atoms with E-state index in [2.05, 4.69) is 20.4 Å². The molecule has 3 amide bonds. The molecule has 1 aromatic rings. The summed E-state index contributed by atoms with van der Waals surface area (Å²) in [5.41, 5.74) is 0. The minimum atomic E-state index is -0.145. The molecule has 1 aromatic heterocycles. The van der Waals surface area contributed by atoms with E-state index < -0.39 is 0 Å². The van der Waals surface area contributed by atoms with Gasteiger partial charge in [-0.3, -0.25) is 9.69 Å². The van der Waals surface area contributed by atoms with Crippen molar-refractivity contribution < 1.29 is 14.1 Å². The fourth-order valence-electron chi connectivity index (χ4n) is 5.01. The van der Waals surface area contributed by atoms with E-state index in [-0.39, 0.29) is 18.0 Å². The number of likely N-dealkylation sites (tertiary alicyclic amines) is 1. The second kappa shape index (κ2) is 9.76. The molecule has 1 N–H and O–H groups in total. The van der Waals surface area contributed by atoms with Gasteiger partial charge in [-0.05, 0) is 32.6 Å². The first kappa shape index (κ1) is 21.1. The Balaban J connectivity index is 1.24. The molecule has 9 heteroatoms. The second-order valence-electron chi connectivity index (χ2n) is 8.59. The molecular formula is C21H34N6O3. The zero-order valence-electron chi connectivity index (χ0n) is 18.0. The average molecular weight is 419 g/mol. The highest BCUT2D eigenvalue weighted by Gasteiger charge is 2.33. The molecule has 166 valence electrons. The van der Waals surface area contributed by atoms with Gasteiger partial charge in [-0.1, -0.05) is 18.0 Å². The molecule has 0 spiro atoms. The Morgan fingerprint density at radius 2 is 1.83 bits per heavy atom. The lowest BCUT2D eigenvalue weighted by molar-refractivity contribution is -0.133. The number of carbonyl (C=O) groups excluding carboxylic acids is 2. The summed E-state index contributed by atoms with van der Waals surface area (Å²) < 4.78 is 5.39. The Morgan fingerprint density at radius 1 is 1.07 bits per heavy atom. The number of hydrogen-bond acceptors (Lipinski definition) is 6. The first-order chi connectivity index (χ1) is 14.7. The minimum Gasteiger partial charge on any atom is -0.340 e. The Bertz CT molecular complexity index is 724. The lowest BCUT2D eigenvalue weighted by atomic mass is 10.1. The van der Waals surface area contributed by atoms with Gasteiger partial charge in [-0.25, -0.2) is 4.79 Å². The van der Waals surface area contributed by atoms with Crippen LogP contribution in [0.5, 0.6) is 0 Å². The van der Waals surface area contributed by atoms with Crippen LogP contribution in [0.15, 0.2) is 4.52 Å². The quantitative estimate of drug-likeness (QED) is 0.759. The summed E-state index contributed by atoms with van der Waals surface area (Å²) in [5, 5.41) is 6.93. The number of urea groups is 1. The maximum absolute atomic E-state index is 12.6. The van der Waals surface area contributed by atoms with Gasteiger partial charge in [-0.15, -0.1) is 0 Å². The molecule has 4 rings (SSSR count). The minimum absolute atomic E-state index is 0.0849. The average Bonchev–Trinajstić information content (AvgIpc) is 3.53. The molecule has 9 nitrogen and oxygen atoms in total. The third-order valence-electron chi connectivity index (χ3n) is 6.68. The van der Waals surface area contributed by atoms with Gasteiger partial charge in [0.2, 0.25) is 11.8 Å². The molecule has 3 heterocycles. The van der Waals surface area contributed by atoms with Crippen molar-refractivity contribution in [3.63, 3.8) is 0 Å². The van der Waals surface area contributed by atoms with Gasteiger partial charge in [0.15, 0.2) is 5.82 Å². The van der Waals surface area contributed by atoms with Crippen molar-refractivity contribution in [2.24, 2.45) is 0 Å². The summed E-state index contributed by atoms with van der Waals surface area (Å²) in [6.45, 7) is 6.79. The van der Waals surface area contributed by atoms with E-state index in [0.717, 1.165) is 45.1 Å². The standard InChI is InChI=1S/C21H34N6O3/c1-2-22-21(29)27-11-5-8-17(27)20-23-18(30-24-20)9-10-19(28)26-14-12-25(13-15-26)16-6-3-4-7-16/h16-17H,2-15H2,1H3,(H,22,29). The van der Waals surface area contributed by atoms with Crippen molar-refractivity contribution in [1.82, 2.24) is 30.2 Å². The van der Waals surface area contributed by atoms with Crippen molar-refractivity contribution in [3.8, 4) is 0 Å². The van der Waals surface area contributed by atoms with Gasteiger partial charge < -0.3 is 19.6 Å². The second-order valence-corrected chi connectivity index (χ2v) is 8.59. The molecule has 30 heavy (non-hydrogen) atoms. The summed E-state index contributed by atoms with van der Waals surface area (Å²) in [4.78, 5) is 35.6. The molecule has 2 saturated heterocycles. The maximum atomic E-state index is 12.6. The van der Waals surface area contributed by atoms with Crippen molar-refractivity contribution >= 4 is 11.9 Å². The predicted molar refractivity (Wildman–Crippen MR) is 111 cm³/mol. The molecule has 0 radical (unpaired) electrons. The molecule has 2 aliphatic heterocycles. The van der Waals surface area contributed by atoms with E-state index in [9.17, 15) is 9.59 Å². The Kier molecular flexibility index (Phi) is 6.86. The third-order valence-corrected chi connectivity index (χ3v) is 6.68. The molecule has 1 unspecified atom stereocenters. The number of carbonyl (C=O) groups is 2. The highest BCUT2D eigenvalue weighted by Crippen LogP contribution is 2.30. The predicted octanol–water partition coefficient (Wildman–Crippen LogP) is 1.96. The van der Waals surface area contributed by atoms with E-state index in [4.69, 9.17) is 4.52 Å². The van der Waals surface area contributed by atoms with E-state index in [1.807, 2.05) is 11.8 Å². The van der Waals surface area contributed by atoms with Gasteiger partial charge in [0, 0.05) is 58.2 Å². The smallest absolute Gasteiger partial charge is 0.318 e. The number of aryl methyl sites for hydroxylation is 1. The Morgan fingerprint density at radius 3 is 2.57 bits per heavy atom. The molecule has 0 aromatic carbocycles. The largest absolute Gasteiger partial charge is 0.340 e. The van der Waals surface area contributed by atoms with Crippen LogP contribution in [-0.4, -0.2) is 82.1 Å². The normalized spacial score (nSPS) is 23.3. The highest BCUT2D eigenvalue weighted by molar-refractivity contribution is 5.76. The fraction of sp³-hybridized carbons (Fsp3) is 0.810. The van der Waals surface area contributed by atoms with Crippen molar-refractivity contribution in [3.05, 3.63) is 11.7 Å². The van der Waals surface area contributed by atoms with Crippen LogP contribution in [0.4, 0.5) is 4.79 Å². The van der Waals surface area contributed by atoms with Gasteiger partial charge in [0.25, 0.3) is 0 Å². The zero-order chi connectivity index (χ0) is 20.9. The van der Waals surface area contributed by atoms with Crippen molar-refractivity contribution in [2.75, 3.05) is 39.3 Å². The van der Waals surface area contributed by atoms with Crippen molar-refractivity contribution in [2.45, 2.75) is 70.4 Å². The number of amides is 3. The lowest BCUT2D eigenvalue weighted by Gasteiger charge is -2.38. The first-order valence-corrected chi connectivity index (χ1v) is 11.5. The zero-order valence-corrected chi connectivity index (χ0v) is 18.0. The molecule has 1 saturated carbocycles. The number of aromatic nitrogens is 2. The number of nitrogens with one attached hydrogen (secondary N) is 1. The topological polar surface area (TPSA) is 94.8 Å². The summed E-state index contributed by atoms with van der Waals surface area (Å²) in [6, 6.07) is 0.500. The van der Waals surface area contributed by atoms with Crippen LogP contribution < -0.4 is 5.32 Å². The molecule has 3 aliphatic rings.